The molecule has 6 heteroatoms. The standard InChI is InChI=1S/C17H13BrN2O3/c1-9-4-11(17(21)12(18)5-9)14-7-13(19-20-14)10-2-3-15-16(6-10)23-8-22-15/h2-7,21H,8H2,1H3,(H,19,20). The van der Waals surface area contributed by atoms with E-state index in [4.69, 9.17) is 9.47 Å². The monoisotopic (exact) mass is 372 g/mol. The molecule has 2 heterocycles. The van der Waals surface area contributed by atoms with Gasteiger partial charge in [0.25, 0.3) is 0 Å². The second kappa shape index (κ2) is 5.31. The van der Waals surface area contributed by atoms with E-state index >= 15 is 0 Å². The number of hydrogen-bond acceptors (Lipinski definition) is 4. The Morgan fingerprint density at radius 1 is 1.13 bits per heavy atom. The van der Waals surface area contributed by atoms with E-state index in [1.165, 1.54) is 0 Å². The van der Waals surface area contributed by atoms with E-state index in [0.29, 0.717) is 15.8 Å². The normalized spacial score (nSPS) is 12.6. The first-order valence-electron chi connectivity index (χ1n) is 7.07. The highest BCUT2D eigenvalue weighted by atomic mass is 79.9. The van der Waals surface area contributed by atoms with Crippen LogP contribution in [-0.2, 0) is 0 Å². The van der Waals surface area contributed by atoms with Gasteiger partial charge in [0.1, 0.15) is 5.75 Å². The number of aryl methyl sites for hydroxylation is 1. The molecule has 0 saturated heterocycles. The lowest BCUT2D eigenvalue weighted by Crippen LogP contribution is -1.92. The first-order chi connectivity index (χ1) is 11.1. The molecule has 4 rings (SSSR count). The van der Waals surface area contributed by atoms with Crippen molar-refractivity contribution in [2.75, 3.05) is 6.79 Å². The maximum Gasteiger partial charge on any atom is 0.231 e. The van der Waals surface area contributed by atoms with Crippen molar-refractivity contribution >= 4 is 15.9 Å². The Labute approximate surface area is 141 Å². The average molecular weight is 373 g/mol. The summed E-state index contributed by atoms with van der Waals surface area (Å²) in [4.78, 5) is 0. The van der Waals surface area contributed by atoms with E-state index in [2.05, 4.69) is 26.1 Å². The molecule has 0 fully saturated rings. The molecule has 1 aliphatic heterocycles. The maximum absolute atomic E-state index is 10.3. The molecule has 2 N–H and O–H groups in total. The number of aromatic nitrogens is 2. The summed E-state index contributed by atoms with van der Waals surface area (Å²) in [5.74, 6) is 1.65. The van der Waals surface area contributed by atoms with Crippen LogP contribution in [0.1, 0.15) is 5.56 Å². The molecular formula is C17H13BrN2O3. The van der Waals surface area contributed by atoms with Crippen molar-refractivity contribution in [1.82, 2.24) is 10.2 Å². The van der Waals surface area contributed by atoms with Gasteiger partial charge in [-0.05, 0) is 64.8 Å². The fourth-order valence-electron chi connectivity index (χ4n) is 2.60. The van der Waals surface area contributed by atoms with Crippen molar-refractivity contribution in [3.63, 3.8) is 0 Å². The van der Waals surface area contributed by atoms with Crippen LogP contribution in [0.4, 0.5) is 0 Å². The van der Waals surface area contributed by atoms with Crippen molar-refractivity contribution in [2.45, 2.75) is 6.92 Å². The summed E-state index contributed by atoms with van der Waals surface area (Å²) < 4.78 is 11.4. The van der Waals surface area contributed by atoms with Crippen molar-refractivity contribution in [3.05, 3.63) is 46.4 Å². The highest BCUT2D eigenvalue weighted by molar-refractivity contribution is 9.10. The third kappa shape index (κ3) is 2.45. The SMILES string of the molecule is Cc1cc(Br)c(O)c(-c2cc(-c3ccc4c(c3)OCO4)n[nH]2)c1. The van der Waals surface area contributed by atoms with Crippen molar-refractivity contribution in [3.8, 4) is 39.8 Å². The highest BCUT2D eigenvalue weighted by Crippen LogP contribution is 2.38. The van der Waals surface area contributed by atoms with Gasteiger partial charge in [0.15, 0.2) is 11.5 Å². The Morgan fingerprint density at radius 3 is 2.83 bits per heavy atom. The molecule has 0 spiro atoms. The number of aromatic hydroxyl groups is 1. The number of fused-ring (bicyclic) bond motifs is 1. The minimum atomic E-state index is 0.191. The second-order valence-electron chi connectivity index (χ2n) is 5.38. The second-order valence-corrected chi connectivity index (χ2v) is 6.23. The molecule has 116 valence electrons. The lowest BCUT2D eigenvalue weighted by atomic mass is 10.1. The molecule has 0 unspecified atom stereocenters. The van der Waals surface area contributed by atoms with Gasteiger partial charge in [-0.15, -0.1) is 0 Å². The minimum absolute atomic E-state index is 0.191. The molecule has 0 amide bonds. The molecule has 0 atom stereocenters. The largest absolute Gasteiger partial charge is 0.506 e. The number of hydrogen-bond donors (Lipinski definition) is 2. The molecule has 2 aromatic carbocycles. The van der Waals surface area contributed by atoms with Crippen LogP contribution in [0.15, 0.2) is 40.9 Å². The van der Waals surface area contributed by atoms with Crippen LogP contribution in [0.5, 0.6) is 17.2 Å². The van der Waals surface area contributed by atoms with Crippen LogP contribution in [0, 0.1) is 6.92 Å². The van der Waals surface area contributed by atoms with Crippen LogP contribution >= 0.6 is 15.9 Å². The summed E-state index contributed by atoms with van der Waals surface area (Å²) in [5.41, 5.74) is 4.19. The zero-order chi connectivity index (χ0) is 16.0. The van der Waals surface area contributed by atoms with Gasteiger partial charge < -0.3 is 14.6 Å². The van der Waals surface area contributed by atoms with E-state index in [0.717, 1.165) is 28.3 Å². The summed E-state index contributed by atoms with van der Waals surface area (Å²) >= 11 is 3.36. The Kier molecular flexibility index (Phi) is 3.27. The van der Waals surface area contributed by atoms with E-state index in [1.54, 1.807) is 0 Å². The Morgan fingerprint density at radius 2 is 1.96 bits per heavy atom. The van der Waals surface area contributed by atoms with E-state index in [-0.39, 0.29) is 12.5 Å². The third-order valence-corrected chi connectivity index (χ3v) is 4.35. The number of nitrogens with one attached hydrogen (secondary N) is 1. The van der Waals surface area contributed by atoms with Crippen LogP contribution in [-0.4, -0.2) is 22.1 Å². The van der Waals surface area contributed by atoms with Gasteiger partial charge >= 0.3 is 0 Å². The lowest BCUT2D eigenvalue weighted by Gasteiger charge is -2.05. The van der Waals surface area contributed by atoms with Crippen LogP contribution in [0.3, 0.4) is 0 Å². The van der Waals surface area contributed by atoms with Crippen molar-refractivity contribution < 1.29 is 14.6 Å². The van der Waals surface area contributed by atoms with E-state index in [1.807, 2.05) is 43.3 Å². The highest BCUT2D eigenvalue weighted by Gasteiger charge is 2.16. The molecule has 1 aliphatic rings. The van der Waals surface area contributed by atoms with Gasteiger partial charge in [-0.1, -0.05) is 0 Å². The summed E-state index contributed by atoms with van der Waals surface area (Å²) in [7, 11) is 0. The summed E-state index contributed by atoms with van der Waals surface area (Å²) in [6.45, 7) is 2.22. The average Bonchev–Trinajstić information content (AvgIpc) is 3.18. The molecule has 0 radical (unpaired) electrons. The maximum atomic E-state index is 10.3. The zero-order valence-corrected chi connectivity index (χ0v) is 13.8. The fourth-order valence-corrected chi connectivity index (χ4v) is 3.18. The van der Waals surface area contributed by atoms with Gasteiger partial charge in [0.2, 0.25) is 6.79 Å². The number of phenols is 1. The predicted octanol–water partition coefficient (Wildman–Crippen LogP) is 4.25. The number of phenolic OH excluding ortho intramolecular Hbond substituents is 1. The first-order valence-corrected chi connectivity index (χ1v) is 7.86. The summed E-state index contributed by atoms with van der Waals surface area (Å²) in [5, 5.41) is 17.6. The molecule has 5 nitrogen and oxygen atoms in total. The third-order valence-electron chi connectivity index (χ3n) is 3.74. The van der Waals surface area contributed by atoms with E-state index < -0.39 is 0 Å². The number of rotatable bonds is 2. The number of H-pyrrole nitrogens is 1. The number of ether oxygens (including phenoxy) is 2. The Bertz CT molecular complexity index is 905. The van der Waals surface area contributed by atoms with Gasteiger partial charge in [-0.2, -0.15) is 5.10 Å². The van der Waals surface area contributed by atoms with E-state index in [9.17, 15) is 5.11 Å². The summed E-state index contributed by atoms with van der Waals surface area (Å²) in [6.07, 6.45) is 0. The van der Waals surface area contributed by atoms with Crippen LogP contribution < -0.4 is 9.47 Å². The van der Waals surface area contributed by atoms with Crippen LogP contribution in [0.2, 0.25) is 0 Å². The molecule has 0 bridgehead atoms. The van der Waals surface area contributed by atoms with Gasteiger partial charge in [0.05, 0.1) is 15.9 Å². The van der Waals surface area contributed by atoms with Crippen molar-refractivity contribution in [2.24, 2.45) is 0 Å². The minimum Gasteiger partial charge on any atom is -0.506 e. The number of nitrogens with zero attached hydrogens (tertiary/aromatic N) is 1. The quantitative estimate of drug-likeness (QED) is 0.705. The fraction of sp³-hybridized carbons (Fsp3) is 0.118. The first kappa shape index (κ1) is 14.1. The van der Waals surface area contributed by atoms with Crippen LogP contribution in [0.25, 0.3) is 22.5 Å². The topological polar surface area (TPSA) is 67.4 Å². The number of aromatic amines is 1. The molecule has 3 aromatic rings. The number of halogens is 1. The van der Waals surface area contributed by atoms with Gasteiger partial charge in [-0.3, -0.25) is 5.10 Å². The zero-order valence-electron chi connectivity index (χ0n) is 12.3. The molecule has 0 saturated carbocycles. The lowest BCUT2D eigenvalue weighted by molar-refractivity contribution is 0.174. The number of benzene rings is 2. The Balaban J connectivity index is 1.75. The smallest absolute Gasteiger partial charge is 0.231 e. The summed E-state index contributed by atoms with van der Waals surface area (Å²) in [6, 6.07) is 11.4. The Hall–Kier alpha value is -2.47. The molecule has 0 aliphatic carbocycles. The van der Waals surface area contributed by atoms with Gasteiger partial charge in [0, 0.05) is 11.1 Å². The molecular weight excluding hydrogens is 360 g/mol. The van der Waals surface area contributed by atoms with Crippen molar-refractivity contribution in [1.29, 1.82) is 0 Å². The van der Waals surface area contributed by atoms with Gasteiger partial charge in [-0.25, -0.2) is 0 Å². The molecule has 23 heavy (non-hydrogen) atoms. The predicted molar refractivity (Wildman–Crippen MR) is 89.7 cm³/mol. The molecule has 1 aromatic heterocycles.